The highest BCUT2D eigenvalue weighted by Gasteiger charge is 1.88. The van der Waals surface area contributed by atoms with Crippen LogP contribution in [-0.2, 0) is 0 Å². The van der Waals surface area contributed by atoms with Crippen LogP contribution in [0.15, 0.2) is 29.4 Å². The van der Waals surface area contributed by atoms with Gasteiger partial charge in [-0.2, -0.15) is 5.10 Å². The van der Waals surface area contributed by atoms with E-state index in [2.05, 4.69) is 43.4 Å². The SMILES string of the molecule is CC.Cc1cccc(/C=N/NC(C)C)c1. The zero-order chi connectivity index (χ0) is 11.7. The highest BCUT2D eigenvalue weighted by molar-refractivity contribution is 5.79. The fraction of sp³-hybridized carbons (Fsp3) is 0.462. The third kappa shape index (κ3) is 6.72. The Morgan fingerprint density at radius 3 is 2.47 bits per heavy atom. The standard InChI is InChI=1S/C11H16N2.C2H6/c1-9(2)13-12-8-11-6-4-5-10(3)7-11;1-2/h4-9,13H,1-3H3;1-2H3/b12-8+;. The van der Waals surface area contributed by atoms with Crippen LogP contribution in [-0.4, -0.2) is 12.3 Å². The fourth-order valence-corrected chi connectivity index (χ4v) is 1.01. The smallest absolute Gasteiger partial charge is 0.0540 e. The topological polar surface area (TPSA) is 24.4 Å². The molecular formula is C13H22N2. The molecule has 1 N–H and O–H groups in total. The Morgan fingerprint density at radius 2 is 1.93 bits per heavy atom. The van der Waals surface area contributed by atoms with Gasteiger partial charge in [-0.1, -0.05) is 43.7 Å². The minimum Gasteiger partial charge on any atom is -0.308 e. The van der Waals surface area contributed by atoms with Crippen molar-refractivity contribution in [3.63, 3.8) is 0 Å². The Morgan fingerprint density at radius 1 is 1.27 bits per heavy atom. The summed E-state index contributed by atoms with van der Waals surface area (Å²) in [6.45, 7) is 10.2. The van der Waals surface area contributed by atoms with E-state index in [9.17, 15) is 0 Å². The Bertz CT molecular complexity index is 290. The lowest BCUT2D eigenvalue weighted by Crippen LogP contribution is -2.15. The molecule has 1 aromatic carbocycles. The van der Waals surface area contributed by atoms with Crippen LogP contribution in [0.3, 0.4) is 0 Å². The van der Waals surface area contributed by atoms with Gasteiger partial charge in [0.1, 0.15) is 0 Å². The second-order valence-corrected chi connectivity index (χ2v) is 3.46. The molecule has 0 unspecified atom stereocenters. The molecule has 1 aromatic rings. The Kier molecular flexibility index (Phi) is 7.33. The summed E-state index contributed by atoms with van der Waals surface area (Å²) < 4.78 is 0. The van der Waals surface area contributed by atoms with Gasteiger partial charge in [-0.3, -0.25) is 0 Å². The van der Waals surface area contributed by atoms with Gasteiger partial charge in [-0.05, 0) is 26.3 Å². The molecule has 84 valence electrons. The van der Waals surface area contributed by atoms with Crippen molar-refractivity contribution in [3.05, 3.63) is 35.4 Å². The molecule has 0 bridgehead atoms. The van der Waals surface area contributed by atoms with Crippen molar-refractivity contribution in [1.82, 2.24) is 5.43 Å². The summed E-state index contributed by atoms with van der Waals surface area (Å²) in [6, 6.07) is 8.64. The van der Waals surface area contributed by atoms with Crippen molar-refractivity contribution in [1.29, 1.82) is 0 Å². The maximum atomic E-state index is 4.11. The number of benzene rings is 1. The van der Waals surface area contributed by atoms with Crippen LogP contribution in [0.2, 0.25) is 0 Å². The van der Waals surface area contributed by atoms with Crippen molar-refractivity contribution >= 4 is 6.21 Å². The van der Waals surface area contributed by atoms with Crippen LogP contribution >= 0.6 is 0 Å². The van der Waals surface area contributed by atoms with E-state index < -0.39 is 0 Å². The first-order valence-corrected chi connectivity index (χ1v) is 5.54. The normalized spacial score (nSPS) is 10.0. The molecule has 0 radical (unpaired) electrons. The van der Waals surface area contributed by atoms with Gasteiger partial charge in [-0.15, -0.1) is 0 Å². The lowest BCUT2D eigenvalue weighted by molar-refractivity contribution is 0.623. The molecule has 0 aliphatic carbocycles. The van der Waals surface area contributed by atoms with Gasteiger partial charge < -0.3 is 5.43 Å². The minimum atomic E-state index is 0.390. The number of hydrazone groups is 1. The monoisotopic (exact) mass is 206 g/mol. The second kappa shape index (κ2) is 8.04. The van der Waals surface area contributed by atoms with Crippen LogP contribution in [0.4, 0.5) is 0 Å². The van der Waals surface area contributed by atoms with Gasteiger partial charge in [0.25, 0.3) is 0 Å². The quantitative estimate of drug-likeness (QED) is 0.595. The van der Waals surface area contributed by atoms with Crippen LogP contribution in [0, 0.1) is 6.92 Å². The van der Waals surface area contributed by atoms with E-state index in [1.807, 2.05) is 32.2 Å². The van der Waals surface area contributed by atoms with Crippen LogP contribution < -0.4 is 5.43 Å². The first-order chi connectivity index (χ1) is 7.18. The van der Waals surface area contributed by atoms with E-state index in [1.165, 1.54) is 5.56 Å². The largest absolute Gasteiger partial charge is 0.308 e. The number of nitrogens with zero attached hydrogens (tertiary/aromatic N) is 1. The molecule has 0 aliphatic heterocycles. The number of hydrogen-bond donors (Lipinski definition) is 1. The van der Waals surface area contributed by atoms with Crippen LogP contribution in [0.25, 0.3) is 0 Å². The average molecular weight is 206 g/mol. The first kappa shape index (κ1) is 13.7. The highest BCUT2D eigenvalue weighted by Crippen LogP contribution is 2.00. The molecule has 0 atom stereocenters. The summed E-state index contributed by atoms with van der Waals surface area (Å²) in [7, 11) is 0. The average Bonchev–Trinajstić information content (AvgIpc) is 2.20. The summed E-state index contributed by atoms with van der Waals surface area (Å²) in [4.78, 5) is 0. The van der Waals surface area contributed by atoms with E-state index in [0.29, 0.717) is 6.04 Å². The summed E-state index contributed by atoms with van der Waals surface area (Å²) in [6.07, 6.45) is 1.84. The molecule has 0 spiro atoms. The Balaban J connectivity index is 0.000000921. The molecular weight excluding hydrogens is 184 g/mol. The van der Waals surface area contributed by atoms with Gasteiger partial charge in [0.05, 0.1) is 6.21 Å². The van der Waals surface area contributed by atoms with E-state index in [1.54, 1.807) is 0 Å². The fourth-order valence-electron chi connectivity index (χ4n) is 1.01. The molecule has 0 heterocycles. The van der Waals surface area contributed by atoms with Crippen molar-refractivity contribution < 1.29 is 0 Å². The number of rotatable bonds is 3. The number of aryl methyl sites for hydroxylation is 1. The molecule has 0 saturated heterocycles. The zero-order valence-corrected chi connectivity index (χ0v) is 10.4. The van der Waals surface area contributed by atoms with E-state index in [4.69, 9.17) is 0 Å². The molecule has 0 aromatic heterocycles. The predicted molar refractivity (Wildman–Crippen MR) is 68.4 cm³/mol. The summed E-state index contributed by atoms with van der Waals surface area (Å²) in [5.74, 6) is 0. The number of nitrogens with one attached hydrogen (secondary N) is 1. The summed E-state index contributed by atoms with van der Waals surface area (Å²) in [5.41, 5.74) is 5.37. The van der Waals surface area contributed by atoms with E-state index >= 15 is 0 Å². The van der Waals surface area contributed by atoms with Crippen molar-refractivity contribution in [2.24, 2.45) is 5.10 Å². The van der Waals surface area contributed by atoms with E-state index in [0.717, 1.165) is 5.56 Å². The third-order valence-electron chi connectivity index (χ3n) is 1.59. The molecule has 2 nitrogen and oxygen atoms in total. The van der Waals surface area contributed by atoms with Crippen molar-refractivity contribution in [2.75, 3.05) is 0 Å². The van der Waals surface area contributed by atoms with Crippen molar-refractivity contribution in [2.45, 2.75) is 40.7 Å². The Hall–Kier alpha value is -1.31. The highest BCUT2D eigenvalue weighted by atomic mass is 15.3. The molecule has 1 rings (SSSR count). The minimum absolute atomic E-state index is 0.390. The molecule has 0 saturated carbocycles. The zero-order valence-electron chi connectivity index (χ0n) is 10.4. The predicted octanol–water partition coefficient (Wildman–Crippen LogP) is 3.35. The van der Waals surface area contributed by atoms with E-state index in [-0.39, 0.29) is 0 Å². The maximum Gasteiger partial charge on any atom is 0.0540 e. The molecule has 0 aliphatic rings. The van der Waals surface area contributed by atoms with Crippen LogP contribution in [0.1, 0.15) is 38.8 Å². The first-order valence-electron chi connectivity index (χ1n) is 5.54. The molecule has 0 fully saturated rings. The number of hydrogen-bond acceptors (Lipinski definition) is 2. The van der Waals surface area contributed by atoms with Gasteiger partial charge in [-0.25, -0.2) is 0 Å². The van der Waals surface area contributed by atoms with Gasteiger partial charge >= 0.3 is 0 Å². The Labute approximate surface area is 93.4 Å². The second-order valence-electron chi connectivity index (χ2n) is 3.46. The molecule has 0 amide bonds. The van der Waals surface area contributed by atoms with Gasteiger partial charge in [0.2, 0.25) is 0 Å². The summed E-state index contributed by atoms with van der Waals surface area (Å²) in [5, 5.41) is 4.11. The third-order valence-corrected chi connectivity index (χ3v) is 1.59. The van der Waals surface area contributed by atoms with Gasteiger partial charge in [0, 0.05) is 6.04 Å². The lowest BCUT2D eigenvalue weighted by atomic mass is 10.2. The van der Waals surface area contributed by atoms with Crippen molar-refractivity contribution in [3.8, 4) is 0 Å². The van der Waals surface area contributed by atoms with Gasteiger partial charge in [0.15, 0.2) is 0 Å². The van der Waals surface area contributed by atoms with Crippen LogP contribution in [0.5, 0.6) is 0 Å². The molecule has 15 heavy (non-hydrogen) atoms. The summed E-state index contributed by atoms with van der Waals surface area (Å²) >= 11 is 0. The maximum absolute atomic E-state index is 4.11. The lowest BCUT2D eigenvalue weighted by Gasteiger charge is -2.01. The molecule has 2 heteroatoms.